The molecule has 0 aliphatic carbocycles. The van der Waals surface area contributed by atoms with Crippen molar-refractivity contribution in [3.63, 3.8) is 0 Å². The number of amides is 1. The lowest BCUT2D eigenvalue weighted by molar-refractivity contribution is -0.134. The smallest absolute Gasteiger partial charge is 0.227 e. The van der Waals surface area contributed by atoms with Gasteiger partial charge in [-0.2, -0.15) is 0 Å². The number of halogens is 1. The highest BCUT2D eigenvalue weighted by molar-refractivity contribution is 6.31. The van der Waals surface area contributed by atoms with Crippen LogP contribution < -0.4 is 0 Å². The standard InChI is InChI=1S/C14H20ClNO/c1-10(2)16(11(3)4)14(17)9-12-7-5-6-8-13(12)15/h5-8,10-11H,9H2,1-4H3. The second kappa shape index (κ2) is 6.06. The van der Waals surface area contributed by atoms with E-state index in [0.29, 0.717) is 11.4 Å². The van der Waals surface area contributed by atoms with E-state index < -0.39 is 0 Å². The van der Waals surface area contributed by atoms with Crippen LogP contribution in [0.5, 0.6) is 0 Å². The summed E-state index contributed by atoms with van der Waals surface area (Å²) >= 11 is 6.06. The molecule has 3 heteroatoms. The van der Waals surface area contributed by atoms with Crippen LogP contribution in [-0.4, -0.2) is 22.9 Å². The zero-order valence-electron chi connectivity index (χ0n) is 10.9. The van der Waals surface area contributed by atoms with Gasteiger partial charge in [-0.25, -0.2) is 0 Å². The van der Waals surface area contributed by atoms with Crippen molar-refractivity contribution in [1.82, 2.24) is 4.90 Å². The Kier molecular flexibility index (Phi) is 5.01. The van der Waals surface area contributed by atoms with Gasteiger partial charge in [0.05, 0.1) is 6.42 Å². The SMILES string of the molecule is CC(C)N(C(=O)Cc1ccccc1Cl)C(C)C. The summed E-state index contributed by atoms with van der Waals surface area (Å²) in [5.74, 6) is 0.128. The van der Waals surface area contributed by atoms with Gasteiger partial charge in [0.2, 0.25) is 5.91 Å². The molecular weight excluding hydrogens is 234 g/mol. The first kappa shape index (κ1) is 14.0. The first-order valence-corrected chi connectivity index (χ1v) is 6.35. The van der Waals surface area contributed by atoms with E-state index in [0.717, 1.165) is 5.56 Å². The maximum absolute atomic E-state index is 12.2. The van der Waals surface area contributed by atoms with Crippen molar-refractivity contribution in [2.45, 2.75) is 46.2 Å². The highest BCUT2D eigenvalue weighted by atomic mass is 35.5. The van der Waals surface area contributed by atoms with Gasteiger partial charge in [-0.05, 0) is 39.3 Å². The van der Waals surface area contributed by atoms with Gasteiger partial charge in [-0.1, -0.05) is 29.8 Å². The van der Waals surface area contributed by atoms with E-state index in [1.54, 1.807) is 0 Å². The lowest BCUT2D eigenvalue weighted by Crippen LogP contribution is -2.42. The summed E-state index contributed by atoms with van der Waals surface area (Å²) in [7, 11) is 0. The Morgan fingerprint density at radius 3 is 2.18 bits per heavy atom. The molecular formula is C14H20ClNO. The van der Waals surface area contributed by atoms with E-state index >= 15 is 0 Å². The minimum absolute atomic E-state index is 0.128. The summed E-state index contributed by atoms with van der Waals surface area (Å²) in [5.41, 5.74) is 0.894. The third-order valence-electron chi connectivity index (χ3n) is 2.70. The molecule has 0 unspecified atom stereocenters. The molecule has 1 aromatic carbocycles. The quantitative estimate of drug-likeness (QED) is 0.804. The number of benzene rings is 1. The van der Waals surface area contributed by atoms with Crippen LogP contribution >= 0.6 is 11.6 Å². The zero-order chi connectivity index (χ0) is 13.0. The Balaban J connectivity index is 2.81. The van der Waals surface area contributed by atoms with Crippen LogP contribution in [0.3, 0.4) is 0 Å². The van der Waals surface area contributed by atoms with Gasteiger partial charge in [-0.3, -0.25) is 4.79 Å². The zero-order valence-corrected chi connectivity index (χ0v) is 11.7. The molecule has 0 aromatic heterocycles. The molecule has 1 aromatic rings. The first-order chi connectivity index (χ1) is 7.93. The van der Waals surface area contributed by atoms with E-state index in [-0.39, 0.29) is 18.0 Å². The number of carbonyl (C=O) groups is 1. The Morgan fingerprint density at radius 2 is 1.71 bits per heavy atom. The van der Waals surface area contributed by atoms with Crippen LogP contribution in [0.2, 0.25) is 5.02 Å². The summed E-state index contributed by atoms with van der Waals surface area (Å²) in [6, 6.07) is 7.93. The Hall–Kier alpha value is -1.02. The number of hydrogen-bond donors (Lipinski definition) is 0. The largest absolute Gasteiger partial charge is 0.338 e. The maximum Gasteiger partial charge on any atom is 0.227 e. The summed E-state index contributed by atoms with van der Waals surface area (Å²) in [6.07, 6.45) is 0.371. The third-order valence-corrected chi connectivity index (χ3v) is 3.07. The van der Waals surface area contributed by atoms with E-state index in [2.05, 4.69) is 0 Å². The van der Waals surface area contributed by atoms with E-state index in [1.807, 2.05) is 56.9 Å². The van der Waals surface area contributed by atoms with Crippen LogP contribution in [-0.2, 0) is 11.2 Å². The normalized spacial score (nSPS) is 11.0. The summed E-state index contributed by atoms with van der Waals surface area (Å²) in [4.78, 5) is 14.1. The molecule has 0 aliphatic heterocycles. The fourth-order valence-corrected chi connectivity index (χ4v) is 2.27. The van der Waals surface area contributed by atoms with Gasteiger partial charge in [0.1, 0.15) is 0 Å². The summed E-state index contributed by atoms with van der Waals surface area (Å²) in [6.45, 7) is 8.13. The molecule has 0 atom stereocenters. The minimum atomic E-state index is 0.128. The Morgan fingerprint density at radius 1 is 1.18 bits per heavy atom. The molecule has 0 radical (unpaired) electrons. The molecule has 0 fully saturated rings. The number of rotatable bonds is 4. The van der Waals surface area contributed by atoms with Crippen LogP contribution in [0.25, 0.3) is 0 Å². The maximum atomic E-state index is 12.2. The highest BCUT2D eigenvalue weighted by Crippen LogP contribution is 2.17. The summed E-state index contributed by atoms with van der Waals surface area (Å²) < 4.78 is 0. The minimum Gasteiger partial charge on any atom is -0.338 e. The molecule has 0 bridgehead atoms. The van der Waals surface area contributed by atoms with Crippen molar-refractivity contribution < 1.29 is 4.79 Å². The number of nitrogens with zero attached hydrogens (tertiary/aromatic N) is 1. The van der Waals surface area contributed by atoms with Crippen LogP contribution in [0, 0.1) is 0 Å². The number of carbonyl (C=O) groups excluding carboxylic acids is 1. The molecule has 0 aliphatic rings. The monoisotopic (exact) mass is 253 g/mol. The molecule has 0 spiro atoms. The fraction of sp³-hybridized carbons (Fsp3) is 0.500. The lowest BCUT2D eigenvalue weighted by atomic mass is 10.1. The molecule has 0 N–H and O–H groups in total. The second-order valence-corrected chi connectivity index (χ2v) is 5.16. The third kappa shape index (κ3) is 3.74. The van der Waals surface area contributed by atoms with Gasteiger partial charge < -0.3 is 4.90 Å². The lowest BCUT2D eigenvalue weighted by Gasteiger charge is -2.31. The Labute approximate surface area is 109 Å². The molecule has 94 valence electrons. The van der Waals surface area contributed by atoms with Crippen LogP contribution in [0.4, 0.5) is 0 Å². The van der Waals surface area contributed by atoms with Crippen LogP contribution in [0.1, 0.15) is 33.3 Å². The fourth-order valence-electron chi connectivity index (χ4n) is 2.07. The van der Waals surface area contributed by atoms with E-state index in [9.17, 15) is 4.79 Å². The molecule has 1 rings (SSSR count). The van der Waals surface area contributed by atoms with Gasteiger partial charge in [-0.15, -0.1) is 0 Å². The van der Waals surface area contributed by atoms with Crippen molar-refractivity contribution in [3.8, 4) is 0 Å². The molecule has 0 saturated heterocycles. The molecule has 2 nitrogen and oxygen atoms in total. The van der Waals surface area contributed by atoms with E-state index in [1.165, 1.54) is 0 Å². The van der Waals surface area contributed by atoms with Crippen molar-refractivity contribution in [2.75, 3.05) is 0 Å². The van der Waals surface area contributed by atoms with Gasteiger partial charge in [0, 0.05) is 17.1 Å². The summed E-state index contributed by atoms with van der Waals surface area (Å²) in [5, 5.41) is 0.660. The van der Waals surface area contributed by atoms with Gasteiger partial charge >= 0.3 is 0 Å². The highest BCUT2D eigenvalue weighted by Gasteiger charge is 2.20. The Bertz CT molecular complexity index is 380. The topological polar surface area (TPSA) is 20.3 Å². The second-order valence-electron chi connectivity index (χ2n) is 4.76. The van der Waals surface area contributed by atoms with Crippen molar-refractivity contribution in [1.29, 1.82) is 0 Å². The van der Waals surface area contributed by atoms with Crippen molar-refractivity contribution in [3.05, 3.63) is 34.9 Å². The molecule has 17 heavy (non-hydrogen) atoms. The van der Waals surface area contributed by atoms with E-state index in [4.69, 9.17) is 11.6 Å². The van der Waals surface area contributed by atoms with Gasteiger partial charge in [0.25, 0.3) is 0 Å². The van der Waals surface area contributed by atoms with Crippen molar-refractivity contribution >= 4 is 17.5 Å². The molecule has 1 amide bonds. The molecule has 0 saturated carbocycles. The molecule has 0 heterocycles. The first-order valence-electron chi connectivity index (χ1n) is 5.98. The van der Waals surface area contributed by atoms with Crippen LogP contribution in [0.15, 0.2) is 24.3 Å². The van der Waals surface area contributed by atoms with Gasteiger partial charge in [0.15, 0.2) is 0 Å². The predicted octanol–water partition coefficient (Wildman–Crippen LogP) is 3.53. The average Bonchev–Trinajstić information content (AvgIpc) is 2.20. The predicted molar refractivity (Wildman–Crippen MR) is 72.3 cm³/mol. The van der Waals surface area contributed by atoms with Crippen molar-refractivity contribution in [2.24, 2.45) is 0 Å². The number of hydrogen-bond acceptors (Lipinski definition) is 1. The average molecular weight is 254 g/mol.